The van der Waals surface area contributed by atoms with Crippen molar-refractivity contribution in [1.29, 1.82) is 0 Å². The zero-order chi connectivity index (χ0) is 14.3. The summed E-state index contributed by atoms with van der Waals surface area (Å²) in [5, 5.41) is 0. The summed E-state index contributed by atoms with van der Waals surface area (Å²) in [4.78, 5) is 21.5. The summed E-state index contributed by atoms with van der Waals surface area (Å²) >= 11 is 0. The average molecular weight is 273 g/mol. The molecule has 0 aromatic heterocycles. The minimum Gasteiger partial charge on any atom is -0.462 e. The van der Waals surface area contributed by atoms with E-state index in [1.165, 1.54) is 38.5 Å². The van der Waals surface area contributed by atoms with Crippen LogP contribution in [0.25, 0.3) is 0 Å². The summed E-state index contributed by atoms with van der Waals surface area (Å²) in [7, 11) is 0. The quantitative estimate of drug-likeness (QED) is 0.437. The Morgan fingerprint density at radius 2 is 1.37 bits per heavy atom. The highest BCUT2D eigenvalue weighted by Crippen LogP contribution is 2.09. The molecule has 5 nitrogen and oxygen atoms in total. The number of amides is 1. The molecule has 0 spiro atoms. The number of carbonyl (C=O) groups is 2. The molecule has 0 aliphatic heterocycles. The zero-order valence-corrected chi connectivity index (χ0v) is 12.0. The SMILES string of the molecule is CCCCCCCCCCC(=O)OCCOC(N)=O. The topological polar surface area (TPSA) is 78.6 Å². The van der Waals surface area contributed by atoms with Gasteiger partial charge in [-0.1, -0.05) is 51.9 Å². The van der Waals surface area contributed by atoms with Crippen LogP contribution in [0.15, 0.2) is 0 Å². The Morgan fingerprint density at radius 3 is 1.95 bits per heavy atom. The molecule has 112 valence electrons. The largest absolute Gasteiger partial charge is 0.462 e. The fourth-order valence-corrected chi connectivity index (χ4v) is 1.77. The van der Waals surface area contributed by atoms with E-state index in [-0.39, 0.29) is 19.2 Å². The summed E-state index contributed by atoms with van der Waals surface area (Å²) in [6, 6.07) is 0. The van der Waals surface area contributed by atoms with E-state index in [1.54, 1.807) is 0 Å². The van der Waals surface area contributed by atoms with Crippen LogP contribution in [0.3, 0.4) is 0 Å². The summed E-state index contributed by atoms with van der Waals surface area (Å²) in [5.74, 6) is -0.237. The third-order valence-corrected chi connectivity index (χ3v) is 2.83. The number of nitrogens with two attached hydrogens (primary N) is 1. The molecule has 0 fully saturated rings. The summed E-state index contributed by atoms with van der Waals surface area (Å²) < 4.78 is 9.32. The monoisotopic (exact) mass is 273 g/mol. The van der Waals surface area contributed by atoms with Gasteiger partial charge in [-0.15, -0.1) is 0 Å². The van der Waals surface area contributed by atoms with Crippen LogP contribution in [0.2, 0.25) is 0 Å². The number of hydrogen-bond donors (Lipinski definition) is 1. The van der Waals surface area contributed by atoms with Crippen LogP contribution in [0, 0.1) is 0 Å². The number of unbranched alkanes of at least 4 members (excludes halogenated alkanes) is 7. The Labute approximate surface area is 115 Å². The van der Waals surface area contributed by atoms with Gasteiger partial charge in [0.15, 0.2) is 0 Å². The normalized spacial score (nSPS) is 10.2. The first-order valence-corrected chi connectivity index (χ1v) is 7.24. The van der Waals surface area contributed by atoms with Gasteiger partial charge in [0.25, 0.3) is 0 Å². The predicted molar refractivity (Wildman–Crippen MR) is 73.7 cm³/mol. The van der Waals surface area contributed by atoms with Crippen molar-refractivity contribution in [2.45, 2.75) is 64.7 Å². The molecule has 2 N–H and O–H groups in total. The number of esters is 1. The van der Waals surface area contributed by atoms with Crippen molar-refractivity contribution < 1.29 is 19.1 Å². The van der Waals surface area contributed by atoms with Crippen molar-refractivity contribution in [2.24, 2.45) is 5.73 Å². The number of rotatable bonds is 12. The van der Waals surface area contributed by atoms with E-state index in [9.17, 15) is 9.59 Å². The van der Waals surface area contributed by atoms with Crippen LogP contribution in [0.1, 0.15) is 64.7 Å². The molecule has 0 saturated carbocycles. The van der Waals surface area contributed by atoms with Crippen LogP contribution in [0.5, 0.6) is 0 Å². The maximum absolute atomic E-state index is 11.3. The van der Waals surface area contributed by atoms with Gasteiger partial charge in [-0.2, -0.15) is 0 Å². The van der Waals surface area contributed by atoms with Crippen molar-refractivity contribution in [1.82, 2.24) is 0 Å². The Balaban J connectivity index is 3.18. The average Bonchev–Trinajstić information content (AvgIpc) is 2.37. The maximum atomic E-state index is 11.3. The number of hydrogen-bond acceptors (Lipinski definition) is 4. The Bertz CT molecular complexity index is 244. The summed E-state index contributed by atoms with van der Waals surface area (Å²) in [6.45, 7) is 2.32. The molecule has 0 aromatic carbocycles. The first-order chi connectivity index (χ1) is 9.16. The van der Waals surface area contributed by atoms with Crippen LogP contribution >= 0.6 is 0 Å². The molecule has 0 saturated heterocycles. The molecular weight excluding hydrogens is 246 g/mol. The van der Waals surface area contributed by atoms with Gasteiger partial charge in [-0.3, -0.25) is 4.79 Å². The highest BCUT2D eigenvalue weighted by molar-refractivity contribution is 5.69. The van der Waals surface area contributed by atoms with Crippen LogP contribution in [0.4, 0.5) is 4.79 Å². The Hall–Kier alpha value is -1.26. The highest BCUT2D eigenvalue weighted by Gasteiger charge is 2.03. The molecule has 0 atom stereocenters. The second-order valence-electron chi connectivity index (χ2n) is 4.61. The van der Waals surface area contributed by atoms with E-state index in [1.807, 2.05) is 0 Å². The van der Waals surface area contributed by atoms with Gasteiger partial charge in [-0.25, -0.2) is 4.79 Å². The van der Waals surface area contributed by atoms with Crippen molar-refractivity contribution in [3.05, 3.63) is 0 Å². The Morgan fingerprint density at radius 1 is 0.842 bits per heavy atom. The summed E-state index contributed by atoms with van der Waals surface area (Å²) in [6.07, 6.45) is 9.16. The maximum Gasteiger partial charge on any atom is 0.404 e. The second-order valence-corrected chi connectivity index (χ2v) is 4.61. The third kappa shape index (κ3) is 14.7. The van der Waals surface area contributed by atoms with Crippen molar-refractivity contribution in [3.8, 4) is 0 Å². The van der Waals surface area contributed by atoms with E-state index in [0.717, 1.165) is 12.8 Å². The minimum atomic E-state index is -0.848. The lowest BCUT2D eigenvalue weighted by Crippen LogP contribution is -2.17. The van der Waals surface area contributed by atoms with E-state index < -0.39 is 6.09 Å². The second kappa shape index (κ2) is 13.2. The van der Waals surface area contributed by atoms with Gasteiger partial charge in [0.2, 0.25) is 0 Å². The van der Waals surface area contributed by atoms with E-state index >= 15 is 0 Å². The van der Waals surface area contributed by atoms with Crippen molar-refractivity contribution >= 4 is 12.1 Å². The van der Waals surface area contributed by atoms with E-state index in [4.69, 9.17) is 10.5 Å². The third-order valence-electron chi connectivity index (χ3n) is 2.83. The molecule has 5 heteroatoms. The first kappa shape index (κ1) is 17.7. The lowest BCUT2D eigenvalue weighted by Gasteiger charge is -2.05. The standard InChI is InChI=1S/C14H27NO4/c1-2-3-4-5-6-7-8-9-10-13(16)18-11-12-19-14(15)17/h2-12H2,1H3,(H2,15,17). The van der Waals surface area contributed by atoms with Crippen molar-refractivity contribution in [3.63, 3.8) is 0 Å². The van der Waals surface area contributed by atoms with Crippen molar-refractivity contribution in [2.75, 3.05) is 13.2 Å². The summed E-state index contributed by atoms with van der Waals surface area (Å²) in [5.41, 5.74) is 4.76. The fourth-order valence-electron chi connectivity index (χ4n) is 1.77. The molecule has 0 bridgehead atoms. The van der Waals surface area contributed by atoms with Gasteiger partial charge in [0.05, 0.1) is 0 Å². The van der Waals surface area contributed by atoms with E-state index in [2.05, 4.69) is 11.7 Å². The molecule has 0 aliphatic carbocycles. The van der Waals surface area contributed by atoms with Crippen LogP contribution in [-0.2, 0) is 14.3 Å². The van der Waals surface area contributed by atoms with Gasteiger partial charge < -0.3 is 15.2 Å². The smallest absolute Gasteiger partial charge is 0.404 e. The van der Waals surface area contributed by atoms with E-state index in [0.29, 0.717) is 6.42 Å². The van der Waals surface area contributed by atoms with Gasteiger partial charge in [-0.05, 0) is 6.42 Å². The molecule has 19 heavy (non-hydrogen) atoms. The highest BCUT2D eigenvalue weighted by atomic mass is 16.6. The molecule has 1 amide bonds. The molecule has 0 aliphatic rings. The predicted octanol–water partition coefficient (Wildman–Crippen LogP) is 3.16. The molecule has 0 rings (SSSR count). The minimum absolute atomic E-state index is 0.0263. The van der Waals surface area contributed by atoms with Gasteiger partial charge in [0.1, 0.15) is 13.2 Å². The van der Waals surface area contributed by atoms with Crippen LogP contribution in [-0.4, -0.2) is 25.3 Å². The molecule has 0 aromatic rings. The van der Waals surface area contributed by atoms with Crippen LogP contribution < -0.4 is 5.73 Å². The first-order valence-electron chi connectivity index (χ1n) is 7.24. The molecule has 0 heterocycles. The zero-order valence-electron chi connectivity index (χ0n) is 12.0. The molecule has 0 radical (unpaired) electrons. The molecular formula is C14H27NO4. The number of carbonyl (C=O) groups excluding carboxylic acids is 2. The number of ether oxygens (including phenoxy) is 2. The van der Waals surface area contributed by atoms with Gasteiger partial charge >= 0.3 is 12.1 Å². The molecule has 0 unspecified atom stereocenters. The fraction of sp³-hybridized carbons (Fsp3) is 0.857. The lowest BCUT2D eigenvalue weighted by atomic mass is 10.1. The number of primary amides is 1. The Kier molecular flexibility index (Phi) is 12.3. The van der Waals surface area contributed by atoms with Gasteiger partial charge in [0, 0.05) is 6.42 Å². The lowest BCUT2D eigenvalue weighted by molar-refractivity contribution is -0.144.